The second-order valence-electron chi connectivity index (χ2n) is 6.83. The van der Waals surface area contributed by atoms with E-state index < -0.39 is 27.9 Å². The minimum Gasteiger partial charge on any atom is -0.417 e. The molecule has 0 spiro atoms. The zero-order valence-electron chi connectivity index (χ0n) is 16.4. The lowest BCUT2D eigenvalue weighted by Gasteiger charge is -2.26. The molecule has 0 saturated heterocycles. The average molecular weight is 444 g/mol. The predicted octanol–water partition coefficient (Wildman–Crippen LogP) is 2.60. The highest BCUT2D eigenvalue weighted by atomic mass is 32.2. The van der Waals surface area contributed by atoms with Gasteiger partial charge in [-0.15, -0.1) is 0 Å². The SMILES string of the molecule is Cc1nc(-c2nccc(C3=CCCN(S(C)(=O)=O)C3)c2OC(=O)C(F)(F)F)[nH]c1C. The summed E-state index contributed by atoms with van der Waals surface area (Å²) in [6.45, 7) is 3.60. The van der Waals surface area contributed by atoms with Gasteiger partial charge in [-0.3, -0.25) is 0 Å². The Morgan fingerprint density at radius 3 is 2.57 bits per heavy atom. The fraction of sp³-hybridized carbons (Fsp3) is 0.389. The molecule has 0 atom stereocenters. The highest BCUT2D eigenvalue weighted by Crippen LogP contribution is 2.37. The van der Waals surface area contributed by atoms with Crippen LogP contribution in [0.15, 0.2) is 18.3 Å². The molecule has 0 saturated carbocycles. The van der Waals surface area contributed by atoms with Crippen molar-refractivity contribution in [2.24, 2.45) is 0 Å². The second kappa shape index (κ2) is 7.84. The number of imidazole rings is 1. The molecular weight excluding hydrogens is 425 g/mol. The number of esters is 1. The highest BCUT2D eigenvalue weighted by Gasteiger charge is 2.42. The molecule has 1 aliphatic rings. The van der Waals surface area contributed by atoms with Crippen LogP contribution in [0.25, 0.3) is 17.1 Å². The molecule has 0 radical (unpaired) electrons. The van der Waals surface area contributed by atoms with Crippen molar-refractivity contribution in [1.82, 2.24) is 19.3 Å². The molecule has 3 rings (SSSR count). The van der Waals surface area contributed by atoms with Crippen LogP contribution in [0.4, 0.5) is 13.2 Å². The smallest absolute Gasteiger partial charge is 0.417 e. The largest absolute Gasteiger partial charge is 0.491 e. The van der Waals surface area contributed by atoms with E-state index in [-0.39, 0.29) is 30.2 Å². The minimum absolute atomic E-state index is 0.0743. The molecule has 1 aliphatic heterocycles. The first-order valence-electron chi connectivity index (χ1n) is 8.84. The molecule has 30 heavy (non-hydrogen) atoms. The maximum Gasteiger partial charge on any atom is 0.491 e. The second-order valence-corrected chi connectivity index (χ2v) is 8.82. The Hall–Kier alpha value is -2.73. The molecule has 2 aromatic rings. The molecule has 1 N–H and O–H groups in total. The van der Waals surface area contributed by atoms with E-state index in [9.17, 15) is 26.4 Å². The first kappa shape index (κ1) is 22.0. The summed E-state index contributed by atoms with van der Waals surface area (Å²) in [5.74, 6) is -2.71. The zero-order chi connectivity index (χ0) is 22.3. The summed E-state index contributed by atoms with van der Waals surface area (Å²) >= 11 is 0. The number of ether oxygens (including phenoxy) is 1. The molecule has 12 heteroatoms. The maximum absolute atomic E-state index is 12.9. The van der Waals surface area contributed by atoms with E-state index in [1.807, 2.05) is 0 Å². The van der Waals surface area contributed by atoms with Crippen LogP contribution in [0.5, 0.6) is 5.75 Å². The highest BCUT2D eigenvalue weighted by molar-refractivity contribution is 7.88. The molecule has 0 amide bonds. The Morgan fingerprint density at radius 2 is 2.00 bits per heavy atom. The van der Waals surface area contributed by atoms with E-state index >= 15 is 0 Å². The number of nitrogens with one attached hydrogen (secondary N) is 1. The van der Waals surface area contributed by atoms with Crippen LogP contribution in [0, 0.1) is 13.8 Å². The number of rotatable bonds is 4. The number of aromatic amines is 1. The summed E-state index contributed by atoms with van der Waals surface area (Å²) in [6.07, 6.45) is -0.787. The lowest BCUT2D eigenvalue weighted by Crippen LogP contribution is -2.34. The molecular formula is C18H19F3N4O4S. The molecule has 3 heterocycles. The van der Waals surface area contributed by atoms with Gasteiger partial charge in [-0.25, -0.2) is 23.2 Å². The van der Waals surface area contributed by atoms with Crippen molar-refractivity contribution in [1.29, 1.82) is 0 Å². The van der Waals surface area contributed by atoms with Crippen LogP contribution in [-0.4, -0.2) is 59.2 Å². The first-order chi connectivity index (χ1) is 13.9. The quantitative estimate of drug-likeness (QED) is 0.727. The minimum atomic E-state index is -5.22. The Morgan fingerprint density at radius 1 is 1.30 bits per heavy atom. The van der Waals surface area contributed by atoms with Crippen molar-refractivity contribution in [3.05, 3.63) is 35.3 Å². The predicted molar refractivity (Wildman–Crippen MR) is 102 cm³/mol. The number of pyridine rings is 1. The third-order valence-corrected chi connectivity index (χ3v) is 5.86. The van der Waals surface area contributed by atoms with Gasteiger partial charge in [-0.05, 0) is 31.9 Å². The van der Waals surface area contributed by atoms with Gasteiger partial charge >= 0.3 is 12.1 Å². The third-order valence-electron chi connectivity index (χ3n) is 4.61. The van der Waals surface area contributed by atoms with E-state index in [2.05, 4.69) is 15.0 Å². The number of aryl methyl sites for hydroxylation is 2. The Kier molecular flexibility index (Phi) is 5.74. The maximum atomic E-state index is 12.9. The fourth-order valence-electron chi connectivity index (χ4n) is 2.98. The van der Waals surface area contributed by atoms with Crippen molar-refractivity contribution in [3.63, 3.8) is 0 Å². The van der Waals surface area contributed by atoms with Crippen LogP contribution in [0.1, 0.15) is 23.4 Å². The number of carbonyl (C=O) groups excluding carboxylic acids is 1. The molecule has 162 valence electrons. The van der Waals surface area contributed by atoms with Gasteiger partial charge in [0.05, 0.1) is 11.9 Å². The van der Waals surface area contributed by atoms with Gasteiger partial charge in [0.15, 0.2) is 11.6 Å². The number of alkyl halides is 3. The van der Waals surface area contributed by atoms with E-state index in [4.69, 9.17) is 4.74 Å². The number of aromatic nitrogens is 3. The van der Waals surface area contributed by atoms with Gasteiger partial charge in [0.1, 0.15) is 5.69 Å². The average Bonchev–Trinajstić information content (AvgIpc) is 2.99. The van der Waals surface area contributed by atoms with Crippen LogP contribution in [0.3, 0.4) is 0 Å². The molecule has 0 aromatic carbocycles. The third kappa shape index (κ3) is 4.54. The fourth-order valence-corrected chi connectivity index (χ4v) is 3.79. The van der Waals surface area contributed by atoms with Gasteiger partial charge in [0, 0.05) is 30.5 Å². The van der Waals surface area contributed by atoms with Crippen molar-refractivity contribution < 1.29 is 31.1 Å². The summed E-state index contributed by atoms with van der Waals surface area (Å²) in [6, 6.07) is 1.38. The van der Waals surface area contributed by atoms with Gasteiger partial charge in [0.2, 0.25) is 10.0 Å². The van der Waals surface area contributed by atoms with Crippen molar-refractivity contribution in [2.45, 2.75) is 26.4 Å². The molecule has 0 aliphatic carbocycles. The normalized spacial score (nSPS) is 15.7. The standard InChI is InChI=1S/C18H19F3N4O4S/c1-10-11(2)24-16(23-10)14-15(29-17(26)18(19,20)21)13(6-7-22-14)12-5-4-8-25(9-12)30(3,27)28/h5-7H,4,8-9H2,1-3H3,(H,23,24). The summed E-state index contributed by atoms with van der Waals surface area (Å²) in [7, 11) is -3.52. The number of H-pyrrole nitrogens is 1. The van der Waals surface area contributed by atoms with Gasteiger partial charge in [-0.2, -0.15) is 17.5 Å². The molecule has 0 fully saturated rings. The van der Waals surface area contributed by atoms with E-state index in [0.717, 1.165) is 6.26 Å². The summed E-state index contributed by atoms with van der Waals surface area (Å²) in [4.78, 5) is 22.8. The number of halogens is 3. The molecule has 2 aromatic heterocycles. The number of hydrogen-bond acceptors (Lipinski definition) is 6. The van der Waals surface area contributed by atoms with E-state index in [1.54, 1.807) is 19.9 Å². The van der Waals surface area contributed by atoms with Crippen LogP contribution < -0.4 is 4.74 Å². The lowest BCUT2D eigenvalue weighted by atomic mass is 10.0. The number of hydrogen-bond donors (Lipinski definition) is 1. The molecule has 0 unspecified atom stereocenters. The van der Waals surface area contributed by atoms with Gasteiger partial charge in [-0.1, -0.05) is 6.08 Å². The molecule has 0 bridgehead atoms. The van der Waals surface area contributed by atoms with Gasteiger partial charge in [0.25, 0.3) is 0 Å². The Balaban J connectivity index is 2.14. The van der Waals surface area contributed by atoms with Crippen LogP contribution >= 0.6 is 0 Å². The van der Waals surface area contributed by atoms with Crippen molar-refractivity contribution >= 4 is 21.6 Å². The monoisotopic (exact) mass is 444 g/mol. The van der Waals surface area contributed by atoms with Crippen molar-refractivity contribution in [3.8, 4) is 17.3 Å². The van der Waals surface area contributed by atoms with E-state index in [1.165, 1.54) is 16.6 Å². The lowest BCUT2D eigenvalue weighted by molar-refractivity contribution is -0.189. The zero-order valence-corrected chi connectivity index (χ0v) is 17.2. The number of sulfonamides is 1. The van der Waals surface area contributed by atoms with E-state index in [0.29, 0.717) is 23.4 Å². The first-order valence-corrected chi connectivity index (χ1v) is 10.7. The Labute approximate surface area is 170 Å². The Bertz CT molecular complexity index is 1100. The van der Waals surface area contributed by atoms with Crippen molar-refractivity contribution in [2.75, 3.05) is 19.3 Å². The van der Waals surface area contributed by atoms with Crippen LogP contribution in [0.2, 0.25) is 0 Å². The number of nitrogens with zero attached hydrogens (tertiary/aromatic N) is 3. The summed E-state index contributed by atoms with van der Waals surface area (Å²) < 4.78 is 68.5. The number of carbonyl (C=O) groups is 1. The van der Waals surface area contributed by atoms with Gasteiger partial charge < -0.3 is 9.72 Å². The summed E-state index contributed by atoms with van der Waals surface area (Å²) in [5, 5.41) is 0. The summed E-state index contributed by atoms with van der Waals surface area (Å²) in [5.41, 5.74) is 1.73. The topological polar surface area (TPSA) is 105 Å². The molecule has 8 nitrogen and oxygen atoms in total. The van der Waals surface area contributed by atoms with Crippen LogP contribution in [-0.2, 0) is 14.8 Å².